The third kappa shape index (κ3) is 5.82. The van der Waals surface area contributed by atoms with Crippen LogP contribution in [0.5, 0.6) is 0 Å². The third-order valence-corrected chi connectivity index (χ3v) is 3.42. The molecule has 0 saturated carbocycles. The van der Waals surface area contributed by atoms with Crippen molar-refractivity contribution in [3.63, 3.8) is 0 Å². The van der Waals surface area contributed by atoms with E-state index >= 15 is 0 Å². The Bertz CT molecular complexity index is 193. The zero-order chi connectivity index (χ0) is 12.7. The summed E-state index contributed by atoms with van der Waals surface area (Å²) in [6.45, 7) is 10.7. The Kier molecular flexibility index (Phi) is 7.04. The second-order valence-electron chi connectivity index (χ2n) is 5.25. The fraction of sp³-hybridized carbons (Fsp3) is 1.00. The highest BCUT2D eigenvalue weighted by atomic mass is 16.5. The SMILES string of the molecule is CCN(CCC1COCCN1)C(C)CN(C)C. The van der Waals surface area contributed by atoms with E-state index in [9.17, 15) is 0 Å². The van der Waals surface area contributed by atoms with Gasteiger partial charge in [0.25, 0.3) is 0 Å². The molecule has 0 aromatic heterocycles. The predicted molar refractivity (Wildman–Crippen MR) is 72.5 cm³/mol. The van der Waals surface area contributed by atoms with E-state index < -0.39 is 0 Å². The van der Waals surface area contributed by atoms with Crippen LogP contribution in [0.15, 0.2) is 0 Å². The molecular weight excluding hydrogens is 214 g/mol. The number of morpholine rings is 1. The second kappa shape index (κ2) is 8.03. The van der Waals surface area contributed by atoms with Crippen molar-refractivity contribution in [2.75, 3.05) is 53.5 Å². The highest BCUT2D eigenvalue weighted by Gasteiger charge is 2.17. The summed E-state index contributed by atoms with van der Waals surface area (Å²) in [5.41, 5.74) is 0. The van der Waals surface area contributed by atoms with Crippen LogP contribution in [0.25, 0.3) is 0 Å². The van der Waals surface area contributed by atoms with E-state index in [2.05, 4.69) is 43.1 Å². The summed E-state index contributed by atoms with van der Waals surface area (Å²) in [7, 11) is 4.28. The molecule has 0 aliphatic carbocycles. The molecule has 1 aliphatic heterocycles. The van der Waals surface area contributed by atoms with Gasteiger partial charge in [0.2, 0.25) is 0 Å². The summed E-state index contributed by atoms with van der Waals surface area (Å²) >= 11 is 0. The molecule has 1 aliphatic rings. The molecule has 1 saturated heterocycles. The first-order chi connectivity index (χ1) is 8.13. The molecule has 0 bridgehead atoms. The lowest BCUT2D eigenvalue weighted by atomic mass is 10.1. The highest BCUT2D eigenvalue weighted by molar-refractivity contribution is 4.75. The van der Waals surface area contributed by atoms with Gasteiger partial charge in [-0.1, -0.05) is 6.92 Å². The van der Waals surface area contributed by atoms with Gasteiger partial charge in [0.15, 0.2) is 0 Å². The smallest absolute Gasteiger partial charge is 0.0620 e. The van der Waals surface area contributed by atoms with Crippen molar-refractivity contribution in [1.29, 1.82) is 0 Å². The molecular formula is C13H29N3O. The Labute approximate surface area is 106 Å². The number of hydrogen-bond acceptors (Lipinski definition) is 4. The van der Waals surface area contributed by atoms with Gasteiger partial charge in [-0.05, 0) is 34.0 Å². The molecule has 4 heteroatoms. The molecule has 17 heavy (non-hydrogen) atoms. The van der Waals surface area contributed by atoms with Gasteiger partial charge in [-0.15, -0.1) is 0 Å². The zero-order valence-corrected chi connectivity index (χ0v) is 11.9. The number of ether oxygens (including phenoxy) is 1. The van der Waals surface area contributed by atoms with Crippen LogP contribution >= 0.6 is 0 Å². The summed E-state index contributed by atoms with van der Waals surface area (Å²) in [6, 6.07) is 1.17. The van der Waals surface area contributed by atoms with Crippen LogP contribution in [-0.4, -0.2) is 75.4 Å². The van der Waals surface area contributed by atoms with E-state index in [1.807, 2.05) is 0 Å². The predicted octanol–water partition coefficient (Wildman–Crippen LogP) is 0.637. The Balaban J connectivity index is 2.25. The second-order valence-corrected chi connectivity index (χ2v) is 5.25. The lowest BCUT2D eigenvalue weighted by Gasteiger charge is -2.32. The first kappa shape index (κ1) is 14.9. The largest absolute Gasteiger partial charge is 0.379 e. The molecule has 0 spiro atoms. The number of hydrogen-bond donors (Lipinski definition) is 1. The van der Waals surface area contributed by atoms with E-state index in [-0.39, 0.29) is 0 Å². The molecule has 0 aromatic rings. The first-order valence-corrected chi connectivity index (χ1v) is 6.83. The van der Waals surface area contributed by atoms with Gasteiger partial charge >= 0.3 is 0 Å². The van der Waals surface area contributed by atoms with E-state index in [1.165, 1.54) is 6.42 Å². The molecule has 2 unspecified atom stereocenters. The summed E-state index contributed by atoms with van der Waals surface area (Å²) in [4.78, 5) is 4.81. The van der Waals surface area contributed by atoms with E-state index in [0.29, 0.717) is 12.1 Å². The molecule has 0 radical (unpaired) electrons. The standard InChI is InChI=1S/C13H29N3O/c1-5-16(12(2)10-15(3)4)8-6-13-11-17-9-7-14-13/h12-14H,5-11H2,1-4H3. The molecule has 1 fully saturated rings. The van der Waals surface area contributed by atoms with Crippen molar-refractivity contribution < 1.29 is 4.74 Å². The van der Waals surface area contributed by atoms with Crippen molar-refractivity contribution in [3.05, 3.63) is 0 Å². The van der Waals surface area contributed by atoms with Crippen LogP contribution in [0.3, 0.4) is 0 Å². The highest BCUT2D eigenvalue weighted by Crippen LogP contribution is 2.05. The van der Waals surface area contributed by atoms with Crippen LogP contribution in [0.4, 0.5) is 0 Å². The van der Waals surface area contributed by atoms with Crippen LogP contribution in [0.2, 0.25) is 0 Å². The Morgan fingerprint density at radius 2 is 2.18 bits per heavy atom. The van der Waals surface area contributed by atoms with Gasteiger partial charge in [0.05, 0.1) is 13.2 Å². The molecule has 2 atom stereocenters. The van der Waals surface area contributed by atoms with Gasteiger partial charge in [-0.2, -0.15) is 0 Å². The minimum absolute atomic E-state index is 0.546. The molecule has 0 amide bonds. The number of rotatable bonds is 7. The maximum Gasteiger partial charge on any atom is 0.0620 e. The quantitative estimate of drug-likeness (QED) is 0.710. The van der Waals surface area contributed by atoms with Crippen molar-refractivity contribution in [2.45, 2.75) is 32.4 Å². The van der Waals surface area contributed by atoms with Crippen molar-refractivity contribution in [2.24, 2.45) is 0 Å². The maximum absolute atomic E-state index is 5.48. The summed E-state index contributed by atoms with van der Waals surface area (Å²) < 4.78 is 5.48. The molecule has 0 aromatic carbocycles. The monoisotopic (exact) mass is 243 g/mol. The Morgan fingerprint density at radius 3 is 2.71 bits per heavy atom. The van der Waals surface area contributed by atoms with Gasteiger partial charge in [-0.3, -0.25) is 4.90 Å². The van der Waals surface area contributed by atoms with Crippen LogP contribution in [0, 0.1) is 0 Å². The fourth-order valence-corrected chi connectivity index (χ4v) is 2.46. The zero-order valence-electron chi connectivity index (χ0n) is 11.9. The van der Waals surface area contributed by atoms with Gasteiger partial charge in [0.1, 0.15) is 0 Å². The number of likely N-dealkylation sites (N-methyl/N-ethyl adjacent to an activating group) is 2. The van der Waals surface area contributed by atoms with Crippen LogP contribution < -0.4 is 5.32 Å². The Morgan fingerprint density at radius 1 is 1.41 bits per heavy atom. The lowest BCUT2D eigenvalue weighted by Crippen LogP contribution is -2.46. The Hall–Kier alpha value is -0.160. The third-order valence-electron chi connectivity index (χ3n) is 3.42. The summed E-state index contributed by atoms with van der Waals surface area (Å²) in [6.07, 6.45) is 1.19. The minimum atomic E-state index is 0.546. The van der Waals surface area contributed by atoms with Gasteiger partial charge in [0, 0.05) is 31.7 Å². The number of nitrogens with one attached hydrogen (secondary N) is 1. The molecule has 4 nitrogen and oxygen atoms in total. The van der Waals surface area contributed by atoms with Gasteiger partial charge in [-0.25, -0.2) is 0 Å². The van der Waals surface area contributed by atoms with E-state index in [4.69, 9.17) is 4.74 Å². The maximum atomic E-state index is 5.48. The fourth-order valence-electron chi connectivity index (χ4n) is 2.46. The van der Waals surface area contributed by atoms with Crippen LogP contribution in [-0.2, 0) is 4.74 Å². The van der Waals surface area contributed by atoms with Crippen molar-refractivity contribution in [1.82, 2.24) is 15.1 Å². The topological polar surface area (TPSA) is 27.7 Å². The number of nitrogens with zero attached hydrogens (tertiary/aromatic N) is 2. The molecule has 1 rings (SSSR count). The summed E-state index contributed by atoms with van der Waals surface area (Å²) in [5, 5.41) is 3.52. The van der Waals surface area contributed by atoms with E-state index in [0.717, 1.165) is 39.4 Å². The van der Waals surface area contributed by atoms with Crippen molar-refractivity contribution >= 4 is 0 Å². The average molecular weight is 243 g/mol. The normalized spacial score (nSPS) is 23.3. The van der Waals surface area contributed by atoms with E-state index in [1.54, 1.807) is 0 Å². The first-order valence-electron chi connectivity index (χ1n) is 6.83. The van der Waals surface area contributed by atoms with Crippen molar-refractivity contribution in [3.8, 4) is 0 Å². The van der Waals surface area contributed by atoms with Crippen LogP contribution in [0.1, 0.15) is 20.3 Å². The summed E-state index contributed by atoms with van der Waals surface area (Å²) in [5.74, 6) is 0. The van der Waals surface area contributed by atoms with Gasteiger partial charge < -0.3 is 15.0 Å². The molecule has 1 N–H and O–H groups in total. The average Bonchev–Trinajstić information content (AvgIpc) is 2.30. The molecule has 1 heterocycles. The molecule has 102 valence electrons. The lowest BCUT2D eigenvalue weighted by molar-refractivity contribution is 0.0671. The minimum Gasteiger partial charge on any atom is -0.379 e.